The van der Waals surface area contributed by atoms with E-state index in [1.807, 2.05) is 16.9 Å². The molecule has 5 rings (SSSR count). The average molecular weight is 438 g/mol. The minimum Gasteiger partial charge on any atom is -0.390 e. The highest BCUT2D eigenvalue weighted by molar-refractivity contribution is 5.16. The summed E-state index contributed by atoms with van der Waals surface area (Å²) in [6, 6.07) is 3.99. The lowest BCUT2D eigenvalue weighted by atomic mass is 9.43. The molecule has 9 atom stereocenters. The van der Waals surface area contributed by atoms with Crippen molar-refractivity contribution in [3.63, 3.8) is 0 Å². The zero-order valence-corrected chi connectivity index (χ0v) is 20.7. The third kappa shape index (κ3) is 3.37. The summed E-state index contributed by atoms with van der Waals surface area (Å²) >= 11 is 0. The molecule has 1 N–H and O–H groups in total. The zero-order chi connectivity index (χ0) is 22.7. The predicted octanol–water partition coefficient (Wildman–Crippen LogP) is 6.19. The van der Waals surface area contributed by atoms with E-state index < -0.39 is 5.60 Å². The average Bonchev–Trinajstić information content (AvgIpc) is 3.37. The molecule has 0 bridgehead atoms. The third-order valence-electron chi connectivity index (χ3n) is 11.5. The van der Waals surface area contributed by atoms with Gasteiger partial charge in [-0.1, -0.05) is 27.7 Å². The van der Waals surface area contributed by atoms with Crippen molar-refractivity contribution in [3.05, 3.63) is 18.0 Å². The van der Waals surface area contributed by atoms with Crippen molar-refractivity contribution in [1.29, 1.82) is 5.26 Å². The third-order valence-corrected chi connectivity index (χ3v) is 11.5. The number of aromatic nitrogens is 2. The maximum atomic E-state index is 11.0. The van der Waals surface area contributed by atoms with Crippen LogP contribution < -0.4 is 0 Å². The van der Waals surface area contributed by atoms with Crippen LogP contribution in [0.3, 0.4) is 0 Å². The normalized spacial score (nSPS) is 46.6. The molecule has 0 saturated heterocycles. The monoisotopic (exact) mass is 437 g/mol. The van der Waals surface area contributed by atoms with E-state index in [4.69, 9.17) is 5.26 Å². The van der Waals surface area contributed by atoms with E-state index >= 15 is 0 Å². The van der Waals surface area contributed by atoms with Gasteiger partial charge in [0.2, 0.25) is 0 Å². The van der Waals surface area contributed by atoms with E-state index in [1.54, 1.807) is 0 Å². The molecule has 1 aromatic rings. The lowest BCUT2D eigenvalue weighted by Crippen LogP contribution is -2.56. The minimum atomic E-state index is -0.397. The first-order chi connectivity index (χ1) is 15.2. The fraction of sp³-hybridized carbons (Fsp3) is 0.857. The maximum Gasteiger partial charge on any atom is 0.162 e. The SMILES string of the molecule is CC[C@@]1(O)CC[C@@]2(C)[C@H](CC[C@@H]3[C@@H]2CC[C@]2(C)[C@@H]([C@@H](C)Cn4ccc(C#N)n4)CC[C@@H]32)C1. The minimum absolute atomic E-state index is 0.397. The topological polar surface area (TPSA) is 61.8 Å². The first-order valence-corrected chi connectivity index (χ1v) is 13.4. The fourth-order valence-corrected chi connectivity index (χ4v) is 9.56. The molecule has 0 amide bonds. The molecule has 4 aliphatic carbocycles. The van der Waals surface area contributed by atoms with Crippen LogP contribution in [0.2, 0.25) is 0 Å². The van der Waals surface area contributed by atoms with Crippen molar-refractivity contribution in [2.75, 3.05) is 0 Å². The van der Waals surface area contributed by atoms with E-state index in [-0.39, 0.29) is 0 Å². The van der Waals surface area contributed by atoms with Crippen LogP contribution in [0.15, 0.2) is 12.3 Å². The van der Waals surface area contributed by atoms with E-state index in [2.05, 4.69) is 38.9 Å². The lowest BCUT2D eigenvalue weighted by Gasteiger charge is -2.62. The summed E-state index contributed by atoms with van der Waals surface area (Å²) in [5.74, 6) is 4.68. The largest absolute Gasteiger partial charge is 0.390 e. The molecule has 0 aromatic carbocycles. The number of hydrogen-bond donors (Lipinski definition) is 1. The molecule has 32 heavy (non-hydrogen) atoms. The van der Waals surface area contributed by atoms with Crippen molar-refractivity contribution in [2.45, 2.75) is 104 Å². The molecule has 4 aliphatic rings. The summed E-state index contributed by atoms with van der Waals surface area (Å²) in [6.45, 7) is 10.7. The van der Waals surface area contributed by atoms with Gasteiger partial charge in [0.25, 0.3) is 0 Å². The van der Waals surface area contributed by atoms with Crippen LogP contribution in [-0.4, -0.2) is 20.5 Å². The summed E-state index contributed by atoms with van der Waals surface area (Å²) in [4.78, 5) is 0. The molecular formula is C28H43N3O. The fourth-order valence-electron chi connectivity index (χ4n) is 9.56. The summed E-state index contributed by atoms with van der Waals surface area (Å²) < 4.78 is 1.99. The second kappa shape index (κ2) is 7.86. The van der Waals surface area contributed by atoms with Gasteiger partial charge < -0.3 is 5.11 Å². The summed E-state index contributed by atoms with van der Waals surface area (Å²) in [5, 5.41) is 24.6. The number of nitrogens with zero attached hydrogens (tertiary/aromatic N) is 3. The first-order valence-electron chi connectivity index (χ1n) is 13.4. The molecular weight excluding hydrogens is 394 g/mol. The number of rotatable bonds is 4. The Labute approximate surface area is 194 Å². The standard InChI is InChI=1S/C28H43N3O/c1-5-28(32)14-13-26(3)20(16-28)6-7-22-24-9-8-23(27(24,4)12-10-25(22)26)19(2)18-31-15-11-21(17-29)30-31/h11,15,19-20,22-25,32H,5-10,12-14,16,18H2,1-4H3/t19-,20+,22-,23+,24-,25-,26-,27+,28+/m0/s1. The second-order valence-corrected chi connectivity index (χ2v) is 12.7. The number of hydrogen-bond acceptors (Lipinski definition) is 3. The molecule has 1 aromatic heterocycles. The Bertz CT molecular complexity index is 887. The van der Waals surface area contributed by atoms with Gasteiger partial charge >= 0.3 is 0 Å². The molecule has 4 fully saturated rings. The van der Waals surface area contributed by atoms with Crippen molar-refractivity contribution in [2.24, 2.45) is 46.3 Å². The molecule has 0 radical (unpaired) electrons. The van der Waals surface area contributed by atoms with Crippen LogP contribution in [0, 0.1) is 57.7 Å². The molecule has 0 aliphatic heterocycles. The number of aliphatic hydroxyl groups is 1. The molecule has 0 spiro atoms. The van der Waals surface area contributed by atoms with Gasteiger partial charge in [-0.15, -0.1) is 0 Å². The number of nitriles is 1. The summed E-state index contributed by atoms with van der Waals surface area (Å²) in [7, 11) is 0. The van der Waals surface area contributed by atoms with Crippen molar-refractivity contribution < 1.29 is 5.11 Å². The smallest absolute Gasteiger partial charge is 0.162 e. The van der Waals surface area contributed by atoms with Crippen LogP contribution in [0.1, 0.15) is 97.6 Å². The molecule has 0 unspecified atom stereocenters. The maximum absolute atomic E-state index is 11.0. The molecule has 4 nitrogen and oxygen atoms in total. The van der Waals surface area contributed by atoms with Crippen LogP contribution in [0.5, 0.6) is 0 Å². The van der Waals surface area contributed by atoms with Crippen LogP contribution >= 0.6 is 0 Å². The van der Waals surface area contributed by atoms with Gasteiger partial charge in [-0.05, 0) is 117 Å². The highest BCUT2D eigenvalue weighted by Crippen LogP contribution is 2.68. The lowest BCUT2D eigenvalue weighted by molar-refractivity contribution is -0.152. The van der Waals surface area contributed by atoms with Gasteiger partial charge in [0.1, 0.15) is 6.07 Å². The van der Waals surface area contributed by atoms with Gasteiger partial charge in [-0.25, -0.2) is 0 Å². The molecule has 4 heteroatoms. The Kier molecular flexibility index (Phi) is 5.52. The van der Waals surface area contributed by atoms with E-state index in [1.165, 1.54) is 44.9 Å². The Morgan fingerprint density at radius 2 is 1.91 bits per heavy atom. The Balaban J connectivity index is 1.32. The van der Waals surface area contributed by atoms with Gasteiger partial charge in [0, 0.05) is 12.7 Å². The van der Waals surface area contributed by atoms with Gasteiger partial charge in [-0.3, -0.25) is 4.68 Å². The quantitative estimate of drug-likeness (QED) is 0.611. The van der Waals surface area contributed by atoms with Crippen LogP contribution in [-0.2, 0) is 6.54 Å². The molecule has 176 valence electrons. The van der Waals surface area contributed by atoms with Gasteiger partial charge in [-0.2, -0.15) is 10.4 Å². The van der Waals surface area contributed by atoms with Crippen LogP contribution in [0.4, 0.5) is 0 Å². The van der Waals surface area contributed by atoms with E-state index in [0.717, 1.165) is 55.4 Å². The highest BCUT2D eigenvalue weighted by Gasteiger charge is 2.61. The first kappa shape index (κ1) is 22.5. The van der Waals surface area contributed by atoms with Crippen molar-refractivity contribution >= 4 is 0 Å². The predicted molar refractivity (Wildman–Crippen MR) is 127 cm³/mol. The Hall–Kier alpha value is -1.34. The highest BCUT2D eigenvalue weighted by atomic mass is 16.3. The second-order valence-electron chi connectivity index (χ2n) is 12.7. The summed E-state index contributed by atoms with van der Waals surface area (Å²) in [5.41, 5.74) is 1.03. The molecule has 1 heterocycles. The van der Waals surface area contributed by atoms with E-state index in [9.17, 15) is 5.11 Å². The number of fused-ring (bicyclic) bond motifs is 5. The van der Waals surface area contributed by atoms with Crippen molar-refractivity contribution in [1.82, 2.24) is 9.78 Å². The summed E-state index contributed by atoms with van der Waals surface area (Å²) in [6.07, 6.45) is 14.4. The zero-order valence-electron chi connectivity index (χ0n) is 20.7. The van der Waals surface area contributed by atoms with Crippen molar-refractivity contribution in [3.8, 4) is 6.07 Å². The van der Waals surface area contributed by atoms with Gasteiger partial charge in [0.05, 0.1) is 5.60 Å². The Morgan fingerprint density at radius 3 is 2.62 bits per heavy atom. The van der Waals surface area contributed by atoms with Gasteiger partial charge in [0.15, 0.2) is 5.69 Å². The van der Waals surface area contributed by atoms with Crippen LogP contribution in [0.25, 0.3) is 0 Å². The molecule has 4 saturated carbocycles. The van der Waals surface area contributed by atoms with E-state index in [0.29, 0.717) is 22.4 Å². The Morgan fingerprint density at radius 1 is 1.12 bits per heavy atom.